The van der Waals surface area contributed by atoms with Gasteiger partial charge in [0.05, 0.1) is 17.5 Å². The van der Waals surface area contributed by atoms with Crippen molar-refractivity contribution in [2.24, 2.45) is 0 Å². The first-order chi connectivity index (χ1) is 11.0. The highest BCUT2D eigenvalue weighted by molar-refractivity contribution is 7.91. The van der Waals surface area contributed by atoms with Crippen molar-refractivity contribution in [1.29, 1.82) is 0 Å². The zero-order valence-corrected chi connectivity index (χ0v) is 14.7. The normalized spacial score (nSPS) is 25.3. The first-order valence-corrected chi connectivity index (χ1v) is 10.8. The Hall–Kier alpha value is -1.12. The summed E-state index contributed by atoms with van der Waals surface area (Å²) >= 11 is 1.71. The van der Waals surface area contributed by atoms with Crippen molar-refractivity contribution in [3.8, 4) is 0 Å². The maximum Gasteiger partial charge on any atom is 0.315 e. The fourth-order valence-electron chi connectivity index (χ4n) is 3.28. The number of carbonyl (C=O) groups excluding carboxylic acids is 1. The van der Waals surface area contributed by atoms with Crippen molar-refractivity contribution >= 4 is 27.2 Å². The lowest BCUT2D eigenvalue weighted by atomic mass is 10.2. The number of thiophene rings is 1. The number of urea groups is 1. The van der Waals surface area contributed by atoms with Gasteiger partial charge in [-0.3, -0.25) is 4.90 Å². The molecular formula is C15H23N3O3S2. The molecule has 0 aromatic carbocycles. The summed E-state index contributed by atoms with van der Waals surface area (Å²) < 4.78 is 22.9. The fraction of sp³-hybridized carbons (Fsp3) is 0.667. The molecule has 1 aromatic rings. The van der Waals surface area contributed by atoms with Crippen LogP contribution in [-0.2, 0) is 9.84 Å². The lowest BCUT2D eigenvalue weighted by molar-refractivity contribution is 0.220. The Morgan fingerprint density at radius 3 is 2.78 bits per heavy atom. The highest BCUT2D eigenvalue weighted by Gasteiger charge is 2.29. The molecule has 6 nitrogen and oxygen atoms in total. The minimum Gasteiger partial charge on any atom is -0.336 e. The van der Waals surface area contributed by atoms with Gasteiger partial charge in [-0.2, -0.15) is 0 Å². The van der Waals surface area contributed by atoms with E-state index in [-0.39, 0.29) is 29.6 Å². The van der Waals surface area contributed by atoms with Crippen LogP contribution < -0.4 is 10.6 Å². The number of nitrogens with one attached hydrogen (secondary N) is 2. The van der Waals surface area contributed by atoms with Crippen molar-refractivity contribution in [2.45, 2.75) is 31.3 Å². The summed E-state index contributed by atoms with van der Waals surface area (Å²) in [6.45, 7) is 2.67. The molecule has 2 aliphatic rings. The second-order valence-corrected chi connectivity index (χ2v) is 9.44. The van der Waals surface area contributed by atoms with E-state index in [9.17, 15) is 13.2 Å². The summed E-state index contributed by atoms with van der Waals surface area (Å²) in [7, 11) is -2.97. The predicted molar refractivity (Wildman–Crippen MR) is 91.5 cm³/mol. The number of nitrogens with zero attached hydrogens (tertiary/aromatic N) is 1. The highest BCUT2D eigenvalue weighted by atomic mass is 32.2. The van der Waals surface area contributed by atoms with Gasteiger partial charge < -0.3 is 10.6 Å². The van der Waals surface area contributed by atoms with Crippen LogP contribution in [0.2, 0.25) is 0 Å². The van der Waals surface area contributed by atoms with Crippen molar-refractivity contribution in [2.75, 3.05) is 31.1 Å². The lowest BCUT2D eigenvalue weighted by Crippen LogP contribution is -2.45. The minimum atomic E-state index is -2.97. The molecule has 2 N–H and O–H groups in total. The molecular weight excluding hydrogens is 334 g/mol. The van der Waals surface area contributed by atoms with E-state index in [1.54, 1.807) is 11.3 Å². The molecule has 0 aliphatic carbocycles. The molecule has 0 radical (unpaired) electrons. The van der Waals surface area contributed by atoms with Crippen molar-refractivity contribution < 1.29 is 13.2 Å². The van der Waals surface area contributed by atoms with Gasteiger partial charge in [-0.15, -0.1) is 11.3 Å². The molecule has 2 saturated heterocycles. The van der Waals surface area contributed by atoms with Crippen molar-refractivity contribution in [3.63, 3.8) is 0 Å². The van der Waals surface area contributed by atoms with E-state index in [1.165, 1.54) is 17.7 Å². The second kappa shape index (κ2) is 7.19. The van der Waals surface area contributed by atoms with Gasteiger partial charge in [-0.05, 0) is 43.8 Å². The summed E-state index contributed by atoms with van der Waals surface area (Å²) in [5, 5.41) is 7.76. The van der Waals surface area contributed by atoms with Crippen LogP contribution in [0, 0.1) is 0 Å². The molecule has 0 saturated carbocycles. The van der Waals surface area contributed by atoms with Crippen molar-refractivity contribution in [3.05, 3.63) is 22.4 Å². The Balaban J connectivity index is 1.53. The number of likely N-dealkylation sites (tertiary alicyclic amines) is 1. The standard InChI is InChI=1S/C15H23N3O3S2/c19-15(17-12-5-9-23(20,21)11-12)16-10-13(14-4-3-8-22-14)18-6-1-2-7-18/h3-4,8,12-13H,1-2,5-7,9-11H2,(H2,16,17,19). The van der Waals surface area contributed by atoms with E-state index >= 15 is 0 Å². The molecule has 3 heterocycles. The molecule has 2 amide bonds. The number of amides is 2. The Labute approximate surface area is 141 Å². The van der Waals surface area contributed by atoms with Crippen LogP contribution in [0.5, 0.6) is 0 Å². The molecule has 1 aromatic heterocycles. The molecule has 128 valence electrons. The van der Waals surface area contributed by atoms with Gasteiger partial charge in [0, 0.05) is 17.5 Å². The lowest BCUT2D eigenvalue weighted by Gasteiger charge is -2.27. The van der Waals surface area contributed by atoms with E-state index in [2.05, 4.69) is 27.0 Å². The Morgan fingerprint density at radius 1 is 1.39 bits per heavy atom. The van der Waals surface area contributed by atoms with Crippen LogP contribution in [0.15, 0.2) is 17.5 Å². The fourth-order valence-corrected chi connectivity index (χ4v) is 5.81. The molecule has 2 unspecified atom stereocenters. The highest BCUT2D eigenvalue weighted by Crippen LogP contribution is 2.27. The first-order valence-electron chi connectivity index (χ1n) is 8.06. The molecule has 2 aliphatic heterocycles. The van der Waals surface area contributed by atoms with Gasteiger partial charge in [-0.1, -0.05) is 6.07 Å². The van der Waals surface area contributed by atoms with Crippen LogP contribution in [0.1, 0.15) is 30.2 Å². The van der Waals surface area contributed by atoms with Crippen LogP contribution in [0.25, 0.3) is 0 Å². The summed E-state index contributed by atoms with van der Waals surface area (Å²) in [6, 6.07) is 3.82. The molecule has 2 fully saturated rings. The summed E-state index contributed by atoms with van der Waals surface area (Å²) in [6.07, 6.45) is 2.91. The zero-order chi connectivity index (χ0) is 16.3. The molecule has 0 spiro atoms. The average Bonchev–Trinajstić information content (AvgIpc) is 3.22. The summed E-state index contributed by atoms with van der Waals surface area (Å²) in [4.78, 5) is 15.7. The maximum atomic E-state index is 12.1. The molecule has 2 atom stereocenters. The monoisotopic (exact) mass is 357 g/mol. The number of carbonyl (C=O) groups is 1. The maximum absolute atomic E-state index is 12.1. The first kappa shape index (κ1) is 16.7. The Morgan fingerprint density at radius 2 is 2.17 bits per heavy atom. The topological polar surface area (TPSA) is 78.5 Å². The van der Waals surface area contributed by atoms with Crippen LogP contribution in [-0.4, -0.2) is 56.5 Å². The third kappa shape index (κ3) is 4.45. The molecule has 8 heteroatoms. The minimum absolute atomic E-state index is 0.0564. The van der Waals surface area contributed by atoms with Crippen LogP contribution >= 0.6 is 11.3 Å². The molecule has 3 rings (SSSR count). The molecule has 23 heavy (non-hydrogen) atoms. The third-order valence-corrected chi connectivity index (χ3v) is 7.22. The van der Waals surface area contributed by atoms with Gasteiger partial charge >= 0.3 is 6.03 Å². The zero-order valence-electron chi connectivity index (χ0n) is 13.0. The molecule has 0 bridgehead atoms. The van der Waals surface area contributed by atoms with Crippen LogP contribution in [0.3, 0.4) is 0 Å². The van der Waals surface area contributed by atoms with Gasteiger partial charge in [0.2, 0.25) is 0 Å². The van der Waals surface area contributed by atoms with Gasteiger partial charge in [0.25, 0.3) is 0 Å². The number of hydrogen-bond acceptors (Lipinski definition) is 5. The SMILES string of the molecule is O=C(NCC(c1cccs1)N1CCCC1)NC1CCS(=O)(=O)C1. The number of sulfone groups is 1. The van der Waals surface area contributed by atoms with E-state index in [4.69, 9.17) is 0 Å². The quantitative estimate of drug-likeness (QED) is 0.834. The third-order valence-electron chi connectivity index (χ3n) is 4.48. The second-order valence-electron chi connectivity index (χ2n) is 6.23. The summed E-state index contributed by atoms with van der Waals surface area (Å²) in [5.74, 6) is 0.227. The average molecular weight is 358 g/mol. The van der Waals surface area contributed by atoms with Crippen LogP contribution in [0.4, 0.5) is 4.79 Å². The van der Waals surface area contributed by atoms with Gasteiger partial charge in [-0.25, -0.2) is 13.2 Å². The summed E-state index contributed by atoms with van der Waals surface area (Å²) in [5.41, 5.74) is 0. The largest absolute Gasteiger partial charge is 0.336 e. The van der Waals surface area contributed by atoms with Gasteiger partial charge in [0.15, 0.2) is 9.84 Å². The van der Waals surface area contributed by atoms with Gasteiger partial charge in [0.1, 0.15) is 0 Å². The Bertz CT molecular complexity index is 624. The van der Waals surface area contributed by atoms with Crippen molar-refractivity contribution in [1.82, 2.24) is 15.5 Å². The van der Waals surface area contributed by atoms with E-state index in [0.29, 0.717) is 13.0 Å². The van der Waals surface area contributed by atoms with E-state index in [1.807, 2.05) is 6.07 Å². The van der Waals surface area contributed by atoms with E-state index < -0.39 is 9.84 Å². The smallest absolute Gasteiger partial charge is 0.315 e. The number of rotatable bonds is 5. The number of hydrogen-bond donors (Lipinski definition) is 2. The Kier molecular flexibility index (Phi) is 5.23. The predicted octanol–water partition coefficient (Wildman–Crippen LogP) is 1.37. The van der Waals surface area contributed by atoms with E-state index in [0.717, 1.165) is 13.1 Å².